The molecule has 29 heavy (non-hydrogen) atoms. The van der Waals surface area contributed by atoms with Crippen LogP contribution in [0.25, 0.3) is 0 Å². The number of carbonyl (C=O) groups excluding carboxylic acids is 1. The number of hydrogen-bond acceptors (Lipinski definition) is 9. The molecule has 0 aromatic carbocycles. The van der Waals surface area contributed by atoms with Crippen molar-refractivity contribution in [3.63, 3.8) is 0 Å². The maximum absolute atomic E-state index is 11.1. The maximum Gasteiger partial charge on any atom is 0.308 e. The summed E-state index contributed by atoms with van der Waals surface area (Å²) in [5.74, 6) is -0.242. The Labute approximate surface area is 188 Å². The zero-order chi connectivity index (χ0) is 21.3. The van der Waals surface area contributed by atoms with E-state index in [9.17, 15) is 4.79 Å². The smallest absolute Gasteiger partial charge is 0.308 e. The van der Waals surface area contributed by atoms with E-state index in [2.05, 4.69) is 22.6 Å². The molecule has 174 valence electrons. The monoisotopic (exact) mass is 536 g/mol. The molecule has 10 heteroatoms. The minimum absolute atomic E-state index is 0.242. The van der Waals surface area contributed by atoms with Crippen LogP contribution in [-0.4, -0.2) is 110 Å². The lowest BCUT2D eigenvalue weighted by molar-refractivity contribution is -0.144. The first-order valence-electron chi connectivity index (χ1n) is 10.1. The molecular formula is C19H37IO9. The van der Waals surface area contributed by atoms with Gasteiger partial charge in [0.05, 0.1) is 106 Å². The Balaban J connectivity index is 3.02. The zero-order valence-electron chi connectivity index (χ0n) is 17.6. The lowest BCUT2D eigenvalue weighted by Gasteiger charge is -2.08. The van der Waals surface area contributed by atoms with Gasteiger partial charge in [-0.25, -0.2) is 0 Å². The highest BCUT2D eigenvalue weighted by Gasteiger charge is 2.00. The molecule has 0 atom stereocenters. The van der Waals surface area contributed by atoms with Crippen molar-refractivity contribution in [2.24, 2.45) is 0 Å². The number of alkyl halides is 1. The van der Waals surface area contributed by atoms with E-state index in [0.717, 1.165) is 11.0 Å². The fourth-order valence-electron chi connectivity index (χ4n) is 1.86. The van der Waals surface area contributed by atoms with Gasteiger partial charge in [0.15, 0.2) is 0 Å². The van der Waals surface area contributed by atoms with Crippen molar-refractivity contribution in [2.45, 2.75) is 13.3 Å². The van der Waals surface area contributed by atoms with Gasteiger partial charge in [0.2, 0.25) is 0 Å². The minimum Gasteiger partial charge on any atom is -0.466 e. The molecule has 0 aliphatic rings. The van der Waals surface area contributed by atoms with E-state index < -0.39 is 0 Å². The van der Waals surface area contributed by atoms with Gasteiger partial charge in [-0.2, -0.15) is 0 Å². The third-order valence-corrected chi connectivity index (χ3v) is 3.65. The van der Waals surface area contributed by atoms with Crippen molar-refractivity contribution in [1.82, 2.24) is 0 Å². The molecule has 0 heterocycles. The van der Waals surface area contributed by atoms with E-state index in [-0.39, 0.29) is 12.4 Å². The van der Waals surface area contributed by atoms with Gasteiger partial charge < -0.3 is 37.9 Å². The van der Waals surface area contributed by atoms with Crippen LogP contribution in [0.3, 0.4) is 0 Å². The van der Waals surface area contributed by atoms with Gasteiger partial charge in [0.25, 0.3) is 0 Å². The van der Waals surface area contributed by atoms with Gasteiger partial charge in [0.1, 0.15) is 0 Å². The van der Waals surface area contributed by atoms with Gasteiger partial charge in [-0.3, -0.25) is 4.79 Å². The van der Waals surface area contributed by atoms with Crippen molar-refractivity contribution in [3.8, 4) is 0 Å². The van der Waals surface area contributed by atoms with Crippen LogP contribution in [0.4, 0.5) is 0 Å². The van der Waals surface area contributed by atoms with E-state index in [1.165, 1.54) is 0 Å². The van der Waals surface area contributed by atoms with Crippen molar-refractivity contribution in [2.75, 3.05) is 104 Å². The molecule has 0 aromatic heterocycles. The van der Waals surface area contributed by atoms with Gasteiger partial charge >= 0.3 is 5.97 Å². The molecule has 0 amide bonds. The molecule has 0 saturated heterocycles. The second-order valence-electron chi connectivity index (χ2n) is 5.53. The van der Waals surface area contributed by atoms with Crippen LogP contribution < -0.4 is 0 Å². The van der Waals surface area contributed by atoms with Crippen LogP contribution in [0, 0.1) is 0 Å². The van der Waals surface area contributed by atoms with Crippen molar-refractivity contribution < 1.29 is 42.7 Å². The Morgan fingerprint density at radius 1 is 0.552 bits per heavy atom. The summed E-state index contributed by atoms with van der Waals surface area (Å²) in [6.45, 7) is 9.63. The fraction of sp³-hybridized carbons (Fsp3) is 0.947. The topological polar surface area (TPSA) is 90.9 Å². The lowest BCUT2D eigenvalue weighted by atomic mass is 10.5. The normalized spacial score (nSPS) is 11.1. The number of esters is 1. The first-order chi connectivity index (χ1) is 14.3. The molecule has 9 nitrogen and oxygen atoms in total. The number of carbonyl (C=O) groups is 1. The zero-order valence-corrected chi connectivity index (χ0v) is 19.7. The van der Waals surface area contributed by atoms with E-state index in [1.54, 1.807) is 6.92 Å². The summed E-state index contributed by atoms with van der Waals surface area (Å²) in [6, 6.07) is 0. The molecule has 0 unspecified atom stereocenters. The highest BCUT2D eigenvalue weighted by Crippen LogP contribution is 1.89. The second-order valence-corrected chi connectivity index (χ2v) is 6.61. The summed E-state index contributed by atoms with van der Waals surface area (Å²) in [7, 11) is 0. The predicted molar refractivity (Wildman–Crippen MR) is 116 cm³/mol. The van der Waals surface area contributed by atoms with E-state index in [1.807, 2.05) is 0 Å². The molecule has 0 saturated carbocycles. The molecule has 0 radical (unpaired) electrons. The van der Waals surface area contributed by atoms with E-state index >= 15 is 0 Å². The van der Waals surface area contributed by atoms with Gasteiger partial charge in [0, 0.05) is 4.43 Å². The number of rotatable bonds is 24. The Morgan fingerprint density at radius 2 is 0.862 bits per heavy atom. The third-order valence-electron chi connectivity index (χ3n) is 3.21. The third kappa shape index (κ3) is 25.9. The minimum atomic E-state index is -0.242. The fourth-order valence-corrected chi connectivity index (χ4v) is 2.18. The average Bonchev–Trinajstić information content (AvgIpc) is 2.72. The van der Waals surface area contributed by atoms with Gasteiger partial charge in [-0.15, -0.1) is 0 Å². The van der Waals surface area contributed by atoms with Crippen LogP contribution in [0.15, 0.2) is 0 Å². The average molecular weight is 536 g/mol. The van der Waals surface area contributed by atoms with E-state index in [0.29, 0.717) is 92.5 Å². The summed E-state index contributed by atoms with van der Waals surface area (Å²) >= 11 is 2.27. The van der Waals surface area contributed by atoms with Crippen LogP contribution in [0.1, 0.15) is 13.3 Å². The maximum atomic E-state index is 11.1. The van der Waals surface area contributed by atoms with Crippen molar-refractivity contribution >= 4 is 28.6 Å². The second kappa shape index (κ2) is 26.0. The van der Waals surface area contributed by atoms with Crippen molar-refractivity contribution in [1.29, 1.82) is 0 Å². The molecule has 0 fully saturated rings. The highest BCUT2D eigenvalue weighted by atomic mass is 127. The van der Waals surface area contributed by atoms with Crippen molar-refractivity contribution in [3.05, 3.63) is 0 Å². The molecule has 0 N–H and O–H groups in total. The molecule has 0 spiro atoms. The predicted octanol–water partition coefficient (Wildman–Crippen LogP) is 1.49. The summed E-state index contributed by atoms with van der Waals surface area (Å²) < 4.78 is 43.3. The van der Waals surface area contributed by atoms with Crippen LogP contribution in [-0.2, 0) is 42.7 Å². The number of hydrogen-bond donors (Lipinski definition) is 0. The summed E-state index contributed by atoms with van der Waals surface area (Å²) in [6.07, 6.45) is 0.268. The quantitative estimate of drug-likeness (QED) is 0.0788. The number of ether oxygens (including phenoxy) is 8. The summed E-state index contributed by atoms with van der Waals surface area (Å²) in [5, 5.41) is 0. The van der Waals surface area contributed by atoms with Gasteiger partial charge in [-0.05, 0) is 6.92 Å². The Morgan fingerprint density at radius 3 is 1.17 bits per heavy atom. The molecular weight excluding hydrogens is 499 g/mol. The SMILES string of the molecule is CCOC(=O)CCOCCOCCOCCOCCOCCOCCOCCI. The highest BCUT2D eigenvalue weighted by molar-refractivity contribution is 14.1. The van der Waals surface area contributed by atoms with E-state index in [4.69, 9.17) is 37.9 Å². The first-order valence-corrected chi connectivity index (χ1v) is 11.6. The Kier molecular flexibility index (Phi) is 25.9. The van der Waals surface area contributed by atoms with Crippen LogP contribution in [0.5, 0.6) is 0 Å². The number of halogens is 1. The molecule has 0 aliphatic heterocycles. The molecule has 0 aromatic rings. The lowest BCUT2D eigenvalue weighted by Crippen LogP contribution is -2.15. The molecule has 0 bridgehead atoms. The largest absolute Gasteiger partial charge is 0.466 e. The first kappa shape index (κ1) is 28.9. The van der Waals surface area contributed by atoms with Gasteiger partial charge in [-0.1, -0.05) is 22.6 Å². The Hall–Kier alpha value is -0.0800. The summed E-state index contributed by atoms with van der Waals surface area (Å²) in [4.78, 5) is 11.1. The summed E-state index contributed by atoms with van der Waals surface area (Å²) in [5.41, 5.74) is 0. The molecule has 0 rings (SSSR count). The van der Waals surface area contributed by atoms with Crippen LogP contribution in [0.2, 0.25) is 0 Å². The standard InChI is InChI=1S/C19H37IO9/c1-2-29-19(21)3-5-22-7-9-24-11-13-26-15-17-28-18-16-27-14-12-25-10-8-23-6-4-20/h2-18H2,1H3. The van der Waals surface area contributed by atoms with Crippen LogP contribution >= 0.6 is 22.6 Å². The Bertz CT molecular complexity index is 335. The molecule has 0 aliphatic carbocycles.